The molecule has 0 heterocycles. The van der Waals surface area contributed by atoms with Crippen molar-refractivity contribution in [2.45, 2.75) is 24.9 Å². The summed E-state index contributed by atoms with van der Waals surface area (Å²) in [5, 5.41) is 3.19. The zero-order valence-electron chi connectivity index (χ0n) is 16.5. The molecule has 0 aliphatic rings. The SMILES string of the molecule is Cc1ccc(NC(=S)N=CC(c2ccccc2)S(=O)Cc2ccccc2)c(C)c1. The van der Waals surface area contributed by atoms with E-state index in [0.29, 0.717) is 10.9 Å². The van der Waals surface area contributed by atoms with E-state index >= 15 is 0 Å². The normalized spacial score (nSPS) is 13.2. The highest BCUT2D eigenvalue weighted by Crippen LogP contribution is 2.21. The van der Waals surface area contributed by atoms with Crippen LogP contribution in [0.2, 0.25) is 0 Å². The lowest BCUT2D eigenvalue weighted by molar-refractivity contribution is 0.680. The van der Waals surface area contributed by atoms with E-state index in [4.69, 9.17) is 12.2 Å². The lowest BCUT2D eigenvalue weighted by Crippen LogP contribution is -2.13. The molecule has 1 N–H and O–H groups in total. The van der Waals surface area contributed by atoms with Crippen LogP contribution < -0.4 is 5.32 Å². The molecule has 0 spiro atoms. The minimum atomic E-state index is -1.17. The molecule has 0 bridgehead atoms. The lowest BCUT2D eigenvalue weighted by Gasteiger charge is -2.13. The largest absolute Gasteiger partial charge is 0.331 e. The Hall–Kier alpha value is -2.63. The Bertz CT molecular complexity index is 1020. The second-order valence-electron chi connectivity index (χ2n) is 6.87. The third kappa shape index (κ3) is 6.17. The van der Waals surface area contributed by atoms with Gasteiger partial charge in [-0.15, -0.1) is 0 Å². The maximum Gasteiger partial charge on any atom is 0.196 e. The Morgan fingerprint density at radius 3 is 2.34 bits per heavy atom. The van der Waals surface area contributed by atoms with Crippen molar-refractivity contribution < 1.29 is 4.21 Å². The quantitative estimate of drug-likeness (QED) is 0.407. The molecule has 0 saturated carbocycles. The zero-order valence-corrected chi connectivity index (χ0v) is 18.2. The number of nitrogens with one attached hydrogen (secondary N) is 1. The predicted molar refractivity (Wildman–Crippen MR) is 128 cm³/mol. The summed E-state index contributed by atoms with van der Waals surface area (Å²) in [7, 11) is -1.17. The smallest absolute Gasteiger partial charge is 0.196 e. The molecule has 0 radical (unpaired) electrons. The highest BCUT2D eigenvalue weighted by atomic mass is 32.2. The van der Waals surface area contributed by atoms with Gasteiger partial charge in [0.25, 0.3) is 0 Å². The molecule has 3 nitrogen and oxygen atoms in total. The number of rotatable bonds is 6. The van der Waals surface area contributed by atoms with E-state index in [1.165, 1.54) is 5.56 Å². The van der Waals surface area contributed by atoms with Gasteiger partial charge < -0.3 is 5.32 Å². The van der Waals surface area contributed by atoms with Crippen LogP contribution in [0.4, 0.5) is 5.69 Å². The minimum Gasteiger partial charge on any atom is -0.331 e. The van der Waals surface area contributed by atoms with Gasteiger partial charge in [-0.1, -0.05) is 78.4 Å². The fourth-order valence-corrected chi connectivity index (χ4v) is 4.54. The Morgan fingerprint density at radius 2 is 1.69 bits per heavy atom. The van der Waals surface area contributed by atoms with Gasteiger partial charge in [0.15, 0.2) is 5.11 Å². The van der Waals surface area contributed by atoms with Crippen LogP contribution in [0.1, 0.15) is 27.5 Å². The fourth-order valence-electron chi connectivity index (χ4n) is 3.01. The molecule has 0 aliphatic heterocycles. The van der Waals surface area contributed by atoms with Gasteiger partial charge in [-0.05, 0) is 48.8 Å². The van der Waals surface area contributed by atoms with Gasteiger partial charge in [-0.3, -0.25) is 4.21 Å². The Labute approximate surface area is 180 Å². The van der Waals surface area contributed by atoms with Gasteiger partial charge in [-0.25, -0.2) is 4.99 Å². The van der Waals surface area contributed by atoms with Crippen molar-refractivity contribution >= 4 is 40.0 Å². The maximum absolute atomic E-state index is 13.1. The lowest BCUT2D eigenvalue weighted by atomic mass is 10.1. The van der Waals surface area contributed by atoms with E-state index in [2.05, 4.69) is 23.3 Å². The first-order chi connectivity index (χ1) is 14.0. The topological polar surface area (TPSA) is 41.5 Å². The van der Waals surface area contributed by atoms with Crippen LogP contribution in [0.15, 0.2) is 83.9 Å². The maximum atomic E-state index is 13.1. The van der Waals surface area contributed by atoms with E-state index < -0.39 is 10.8 Å². The van der Waals surface area contributed by atoms with Crippen LogP contribution in [-0.2, 0) is 16.6 Å². The summed E-state index contributed by atoms with van der Waals surface area (Å²) in [6.07, 6.45) is 1.70. The molecule has 3 aromatic carbocycles. The average Bonchev–Trinajstić information content (AvgIpc) is 2.72. The standard InChI is InChI=1S/C24H24N2OS2/c1-18-13-14-22(19(2)15-18)26-24(28)25-16-23(21-11-7-4-8-12-21)29(27)17-20-9-5-3-6-10-20/h3-16,23H,17H2,1-2H3,(H,26,28). The molecule has 2 unspecified atom stereocenters. The second kappa shape index (κ2) is 10.2. The van der Waals surface area contributed by atoms with Crippen molar-refractivity contribution in [2.24, 2.45) is 4.99 Å². The summed E-state index contributed by atoms with van der Waals surface area (Å²) < 4.78 is 13.1. The monoisotopic (exact) mass is 420 g/mol. The van der Waals surface area contributed by atoms with Gasteiger partial charge in [-0.2, -0.15) is 0 Å². The van der Waals surface area contributed by atoms with Crippen molar-refractivity contribution in [1.82, 2.24) is 0 Å². The summed E-state index contributed by atoms with van der Waals surface area (Å²) in [4.78, 5) is 4.42. The molecule has 0 fully saturated rings. The van der Waals surface area contributed by atoms with Gasteiger partial charge >= 0.3 is 0 Å². The number of thiocarbonyl (C=S) groups is 1. The number of nitrogens with zero attached hydrogens (tertiary/aromatic N) is 1. The Balaban J connectivity index is 1.77. The zero-order chi connectivity index (χ0) is 20.6. The van der Waals surface area contributed by atoms with Crippen molar-refractivity contribution in [3.8, 4) is 0 Å². The average molecular weight is 421 g/mol. The first-order valence-electron chi connectivity index (χ1n) is 9.41. The molecule has 0 aliphatic carbocycles. The summed E-state index contributed by atoms with van der Waals surface area (Å²) >= 11 is 5.41. The molecule has 0 amide bonds. The van der Waals surface area contributed by atoms with Crippen LogP contribution >= 0.6 is 12.2 Å². The molecule has 0 saturated heterocycles. The molecule has 0 aromatic heterocycles. The van der Waals surface area contributed by atoms with Gasteiger partial charge in [0.2, 0.25) is 0 Å². The van der Waals surface area contributed by atoms with Crippen molar-refractivity contribution in [3.05, 3.63) is 101 Å². The van der Waals surface area contributed by atoms with Gasteiger partial charge in [0.1, 0.15) is 0 Å². The van der Waals surface area contributed by atoms with Crippen LogP contribution in [0, 0.1) is 13.8 Å². The first-order valence-corrected chi connectivity index (χ1v) is 11.2. The summed E-state index contributed by atoms with van der Waals surface area (Å²) in [6.45, 7) is 4.09. The van der Waals surface area contributed by atoms with Crippen LogP contribution in [-0.4, -0.2) is 15.5 Å². The van der Waals surface area contributed by atoms with E-state index in [1.54, 1.807) is 6.21 Å². The van der Waals surface area contributed by atoms with Crippen LogP contribution in [0.3, 0.4) is 0 Å². The molecule has 3 aromatic rings. The van der Waals surface area contributed by atoms with Crippen LogP contribution in [0.5, 0.6) is 0 Å². The second-order valence-corrected chi connectivity index (χ2v) is 8.81. The third-order valence-electron chi connectivity index (χ3n) is 4.51. The van der Waals surface area contributed by atoms with Gasteiger partial charge in [0.05, 0.1) is 5.25 Å². The van der Waals surface area contributed by atoms with Crippen LogP contribution in [0.25, 0.3) is 0 Å². The number of benzene rings is 3. The van der Waals surface area contributed by atoms with Gasteiger partial charge in [0, 0.05) is 28.5 Å². The molecular weight excluding hydrogens is 396 g/mol. The Kier molecular flexibility index (Phi) is 7.44. The van der Waals surface area contributed by atoms with E-state index in [9.17, 15) is 4.21 Å². The van der Waals surface area contributed by atoms with E-state index in [1.807, 2.05) is 79.7 Å². The molecule has 148 valence electrons. The van der Waals surface area contributed by atoms with Crippen molar-refractivity contribution in [2.75, 3.05) is 5.32 Å². The molecule has 2 atom stereocenters. The highest BCUT2D eigenvalue weighted by molar-refractivity contribution is 7.85. The molecular formula is C24H24N2OS2. The number of anilines is 1. The summed E-state index contributed by atoms with van der Waals surface area (Å²) in [5.41, 5.74) is 5.23. The Morgan fingerprint density at radius 1 is 1.03 bits per heavy atom. The summed E-state index contributed by atoms with van der Waals surface area (Å²) in [6, 6.07) is 25.8. The number of hydrogen-bond acceptors (Lipinski definition) is 2. The number of hydrogen-bond donors (Lipinski definition) is 1. The molecule has 5 heteroatoms. The first kappa shape index (κ1) is 21.1. The van der Waals surface area contributed by atoms with E-state index in [0.717, 1.165) is 22.4 Å². The third-order valence-corrected chi connectivity index (χ3v) is 6.30. The van der Waals surface area contributed by atoms with Crippen molar-refractivity contribution in [1.29, 1.82) is 0 Å². The number of aliphatic imine (C=N–C) groups is 1. The van der Waals surface area contributed by atoms with Crippen molar-refractivity contribution in [3.63, 3.8) is 0 Å². The molecule has 3 rings (SSSR count). The summed E-state index contributed by atoms with van der Waals surface area (Å²) in [5.74, 6) is 0.462. The van der Waals surface area contributed by atoms with E-state index in [-0.39, 0.29) is 5.25 Å². The molecule has 29 heavy (non-hydrogen) atoms. The highest BCUT2D eigenvalue weighted by Gasteiger charge is 2.17. The number of aryl methyl sites for hydroxylation is 2. The fraction of sp³-hybridized carbons (Fsp3) is 0.167. The predicted octanol–water partition coefficient (Wildman–Crippen LogP) is 5.76. The minimum absolute atomic E-state index is 0.338.